The van der Waals surface area contributed by atoms with Gasteiger partial charge in [-0.1, -0.05) is 25.4 Å². The van der Waals surface area contributed by atoms with E-state index < -0.39 is 0 Å². The van der Waals surface area contributed by atoms with E-state index in [1.54, 1.807) is 13.2 Å². The van der Waals surface area contributed by atoms with Crippen molar-refractivity contribution in [1.29, 1.82) is 0 Å². The third-order valence-electron chi connectivity index (χ3n) is 3.61. The molecule has 5 nitrogen and oxygen atoms in total. The van der Waals surface area contributed by atoms with E-state index in [0.29, 0.717) is 22.5 Å². The molecule has 0 fully saturated rings. The standard InChI is InChI=1S/C18H25ClN4O/c1-11(2)6-7-20-17-10-18(22-13(4)21-17)23-15-8-12(3)14(19)9-16(15)24-5/h8-11H,6-7H2,1-5H3,(H2,20,21,22,23). The smallest absolute Gasteiger partial charge is 0.143 e. The molecule has 1 aromatic heterocycles. The second-order valence-electron chi connectivity index (χ2n) is 6.22. The van der Waals surface area contributed by atoms with Crippen molar-refractivity contribution in [3.8, 4) is 5.75 Å². The van der Waals surface area contributed by atoms with Crippen LogP contribution in [0.4, 0.5) is 17.3 Å². The maximum Gasteiger partial charge on any atom is 0.143 e. The monoisotopic (exact) mass is 348 g/mol. The fraction of sp³-hybridized carbons (Fsp3) is 0.444. The number of hydrogen-bond acceptors (Lipinski definition) is 5. The van der Waals surface area contributed by atoms with Crippen molar-refractivity contribution in [3.63, 3.8) is 0 Å². The summed E-state index contributed by atoms with van der Waals surface area (Å²) >= 11 is 6.16. The van der Waals surface area contributed by atoms with Crippen LogP contribution in [0.1, 0.15) is 31.7 Å². The Bertz CT molecular complexity index is 704. The van der Waals surface area contributed by atoms with Gasteiger partial charge in [-0.3, -0.25) is 0 Å². The maximum atomic E-state index is 6.16. The van der Waals surface area contributed by atoms with Crippen LogP contribution < -0.4 is 15.4 Å². The lowest BCUT2D eigenvalue weighted by Gasteiger charge is -2.14. The topological polar surface area (TPSA) is 59.1 Å². The first-order valence-corrected chi connectivity index (χ1v) is 8.47. The Kier molecular flexibility index (Phi) is 6.26. The van der Waals surface area contributed by atoms with Crippen LogP contribution in [0.5, 0.6) is 5.75 Å². The molecule has 0 aliphatic rings. The normalized spacial score (nSPS) is 10.8. The summed E-state index contributed by atoms with van der Waals surface area (Å²) in [6.07, 6.45) is 1.09. The molecular formula is C18H25ClN4O. The molecule has 2 N–H and O–H groups in total. The lowest BCUT2D eigenvalue weighted by atomic mass is 10.1. The zero-order valence-corrected chi connectivity index (χ0v) is 15.7. The highest BCUT2D eigenvalue weighted by atomic mass is 35.5. The van der Waals surface area contributed by atoms with Crippen LogP contribution in [0.25, 0.3) is 0 Å². The van der Waals surface area contributed by atoms with E-state index >= 15 is 0 Å². The third kappa shape index (κ3) is 4.99. The van der Waals surface area contributed by atoms with Gasteiger partial charge in [0.1, 0.15) is 23.2 Å². The molecule has 0 atom stereocenters. The first kappa shape index (κ1) is 18.3. The predicted molar refractivity (Wildman–Crippen MR) is 101 cm³/mol. The summed E-state index contributed by atoms with van der Waals surface area (Å²) in [4.78, 5) is 8.88. The van der Waals surface area contributed by atoms with Crippen molar-refractivity contribution >= 4 is 28.9 Å². The Labute approximate surface area is 148 Å². The number of aryl methyl sites for hydroxylation is 2. The molecule has 6 heteroatoms. The van der Waals surface area contributed by atoms with Crippen LogP contribution in [-0.4, -0.2) is 23.6 Å². The minimum Gasteiger partial charge on any atom is -0.495 e. The summed E-state index contributed by atoms with van der Waals surface area (Å²) in [5.74, 6) is 3.57. The minimum absolute atomic E-state index is 0.652. The second kappa shape index (κ2) is 8.20. The van der Waals surface area contributed by atoms with E-state index in [4.69, 9.17) is 16.3 Å². The first-order chi connectivity index (χ1) is 11.4. The van der Waals surface area contributed by atoms with Gasteiger partial charge in [-0.2, -0.15) is 0 Å². The summed E-state index contributed by atoms with van der Waals surface area (Å²) in [5, 5.41) is 7.32. The Balaban J connectivity index is 2.20. The number of rotatable bonds is 7. The Morgan fingerprint density at radius 1 is 1.12 bits per heavy atom. The molecule has 1 aromatic carbocycles. The van der Waals surface area contributed by atoms with Crippen LogP contribution in [0.2, 0.25) is 5.02 Å². The van der Waals surface area contributed by atoms with E-state index in [1.165, 1.54) is 0 Å². The van der Waals surface area contributed by atoms with Gasteiger partial charge in [0.15, 0.2) is 0 Å². The number of halogens is 1. The fourth-order valence-corrected chi connectivity index (χ4v) is 2.43. The molecule has 0 saturated heterocycles. The van der Waals surface area contributed by atoms with Crippen molar-refractivity contribution in [2.75, 3.05) is 24.3 Å². The molecule has 0 radical (unpaired) electrons. The highest BCUT2D eigenvalue weighted by molar-refractivity contribution is 6.31. The number of anilines is 3. The number of nitrogens with one attached hydrogen (secondary N) is 2. The summed E-state index contributed by atoms with van der Waals surface area (Å²) in [7, 11) is 1.62. The van der Waals surface area contributed by atoms with Crippen molar-refractivity contribution < 1.29 is 4.74 Å². The molecule has 2 aromatic rings. The predicted octanol–water partition coefficient (Wildman–Crippen LogP) is 4.96. The van der Waals surface area contributed by atoms with Gasteiger partial charge in [-0.15, -0.1) is 0 Å². The molecule has 1 heterocycles. The fourth-order valence-electron chi connectivity index (χ4n) is 2.28. The lowest BCUT2D eigenvalue weighted by Crippen LogP contribution is -2.08. The molecule has 0 saturated carbocycles. The Hall–Kier alpha value is -2.01. The quantitative estimate of drug-likeness (QED) is 0.740. The number of ether oxygens (including phenoxy) is 1. The lowest BCUT2D eigenvalue weighted by molar-refractivity contribution is 0.416. The SMILES string of the molecule is COc1cc(Cl)c(C)cc1Nc1cc(NCCC(C)C)nc(C)n1. The van der Waals surface area contributed by atoms with Crippen LogP contribution in [0.15, 0.2) is 18.2 Å². The minimum atomic E-state index is 0.652. The van der Waals surface area contributed by atoms with Crippen LogP contribution in [-0.2, 0) is 0 Å². The van der Waals surface area contributed by atoms with Gasteiger partial charge in [-0.25, -0.2) is 9.97 Å². The van der Waals surface area contributed by atoms with Crippen LogP contribution in [0.3, 0.4) is 0 Å². The van der Waals surface area contributed by atoms with Crippen molar-refractivity contribution in [1.82, 2.24) is 9.97 Å². The van der Waals surface area contributed by atoms with E-state index in [9.17, 15) is 0 Å². The number of aromatic nitrogens is 2. The summed E-state index contributed by atoms with van der Waals surface area (Å²) < 4.78 is 5.40. The summed E-state index contributed by atoms with van der Waals surface area (Å²) in [6, 6.07) is 5.65. The van der Waals surface area contributed by atoms with Gasteiger partial charge in [0.05, 0.1) is 12.8 Å². The molecule has 0 amide bonds. The van der Waals surface area contributed by atoms with Gasteiger partial charge >= 0.3 is 0 Å². The maximum absolute atomic E-state index is 6.16. The van der Waals surface area contributed by atoms with Crippen molar-refractivity contribution in [2.24, 2.45) is 5.92 Å². The molecule has 0 spiro atoms. The highest BCUT2D eigenvalue weighted by Gasteiger charge is 2.09. The van der Waals surface area contributed by atoms with Crippen molar-refractivity contribution in [2.45, 2.75) is 34.1 Å². The van der Waals surface area contributed by atoms with Crippen LogP contribution in [0, 0.1) is 19.8 Å². The number of methoxy groups -OCH3 is 1. The average Bonchev–Trinajstić information content (AvgIpc) is 2.49. The molecule has 0 unspecified atom stereocenters. The molecule has 0 aliphatic heterocycles. The van der Waals surface area contributed by atoms with Gasteiger partial charge in [-0.05, 0) is 37.8 Å². The molecule has 130 valence electrons. The first-order valence-electron chi connectivity index (χ1n) is 8.09. The number of nitrogens with zero attached hydrogens (tertiary/aromatic N) is 2. The average molecular weight is 349 g/mol. The second-order valence-corrected chi connectivity index (χ2v) is 6.63. The molecule has 24 heavy (non-hydrogen) atoms. The molecule has 2 rings (SSSR count). The van der Waals surface area contributed by atoms with Gasteiger partial charge < -0.3 is 15.4 Å². The van der Waals surface area contributed by atoms with Gasteiger partial charge in [0.25, 0.3) is 0 Å². The highest BCUT2D eigenvalue weighted by Crippen LogP contribution is 2.32. The zero-order chi connectivity index (χ0) is 17.7. The van der Waals surface area contributed by atoms with E-state index in [2.05, 4.69) is 34.4 Å². The molecule has 0 aliphatic carbocycles. The number of hydrogen-bond donors (Lipinski definition) is 2. The van der Waals surface area contributed by atoms with Gasteiger partial charge in [0, 0.05) is 23.7 Å². The van der Waals surface area contributed by atoms with E-state index in [-0.39, 0.29) is 0 Å². The van der Waals surface area contributed by atoms with Crippen molar-refractivity contribution in [3.05, 3.63) is 34.6 Å². The van der Waals surface area contributed by atoms with E-state index in [1.807, 2.05) is 26.0 Å². The third-order valence-corrected chi connectivity index (χ3v) is 4.02. The zero-order valence-electron chi connectivity index (χ0n) is 14.9. The summed E-state index contributed by atoms with van der Waals surface area (Å²) in [6.45, 7) is 9.13. The Morgan fingerprint density at radius 2 is 1.83 bits per heavy atom. The largest absolute Gasteiger partial charge is 0.495 e. The van der Waals surface area contributed by atoms with Crippen LogP contribution >= 0.6 is 11.6 Å². The van der Waals surface area contributed by atoms with E-state index in [0.717, 1.165) is 35.9 Å². The molecule has 0 bridgehead atoms. The molecular weight excluding hydrogens is 324 g/mol. The number of benzene rings is 1. The Morgan fingerprint density at radius 3 is 2.50 bits per heavy atom. The summed E-state index contributed by atoms with van der Waals surface area (Å²) in [5.41, 5.74) is 1.80. The van der Waals surface area contributed by atoms with Gasteiger partial charge in [0.2, 0.25) is 0 Å².